The molecule has 3 rings (SSSR count). The molecule has 1 atom stereocenters. The highest BCUT2D eigenvalue weighted by molar-refractivity contribution is 5.14. The lowest BCUT2D eigenvalue weighted by Crippen LogP contribution is -2.50. The molecule has 2 nitrogen and oxygen atoms in total. The van der Waals surface area contributed by atoms with Gasteiger partial charge in [-0.25, -0.2) is 0 Å². The molecule has 2 heteroatoms. The van der Waals surface area contributed by atoms with Gasteiger partial charge in [-0.05, 0) is 24.3 Å². The van der Waals surface area contributed by atoms with Gasteiger partial charge in [0.1, 0.15) is 0 Å². The minimum atomic E-state index is 0.665. The molecule has 1 aliphatic carbocycles. The SMILES string of the molecule is c1ccc(CN2CCOC[C@H]2C2CCC2)cc1. The Morgan fingerprint density at radius 3 is 2.71 bits per heavy atom. The van der Waals surface area contributed by atoms with Gasteiger partial charge in [0.25, 0.3) is 0 Å². The van der Waals surface area contributed by atoms with Gasteiger partial charge in [-0.1, -0.05) is 36.8 Å². The van der Waals surface area contributed by atoms with Crippen molar-refractivity contribution in [3.63, 3.8) is 0 Å². The first-order chi connectivity index (χ1) is 8.43. The summed E-state index contributed by atoms with van der Waals surface area (Å²) < 4.78 is 5.67. The molecule has 0 aromatic heterocycles. The Morgan fingerprint density at radius 2 is 2.00 bits per heavy atom. The topological polar surface area (TPSA) is 12.5 Å². The van der Waals surface area contributed by atoms with Crippen molar-refractivity contribution in [2.75, 3.05) is 19.8 Å². The molecule has 17 heavy (non-hydrogen) atoms. The Bertz CT molecular complexity index is 347. The molecule has 2 fully saturated rings. The summed E-state index contributed by atoms with van der Waals surface area (Å²) in [5, 5.41) is 0. The minimum absolute atomic E-state index is 0.665. The van der Waals surface area contributed by atoms with E-state index in [1.165, 1.54) is 24.8 Å². The number of ether oxygens (including phenoxy) is 1. The van der Waals surface area contributed by atoms with Gasteiger partial charge in [0, 0.05) is 19.1 Å². The molecule has 1 aliphatic heterocycles. The van der Waals surface area contributed by atoms with Crippen LogP contribution in [0.2, 0.25) is 0 Å². The fourth-order valence-electron chi connectivity index (χ4n) is 2.93. The first-order valence-corrected chi connectivity index (χ1v) is 6.79. The third-order valence-corrected chi connectivity index (χ3v) is 4.20. The molecule has 0 unspecified atom stereocenters. The van der Waals surface area contributed by atoms with Crippen LogP contribution in [0, 0.1) is 5.92 Å². The van der Waals surface area contributed by atoms with Crippen molar-refractivity contribution >= 4 is 0 Å². The lowest BCUT2D eigenvalue weighted by atomic mass is 9.79. The normalized spacial score (nSPS) is 26.7. The number of benzene rings is 1. The van der Waals surface area contributed by atoms with E-state index in [9.17, 15) is 0 Å². The average molecular weight is 231 g/mol. The molecular weight excluding hydrogens is 210 g/mol. The fraction of sp³-hybridized carbons (Fsp3) is 0.600. The summed E-state index contributed by atoms with van der Waals surface area (Å²) in [6.45, 7) is 4.02. The maximum absolute atomic E-state index is 5.67. The standard InChI is InChI=1S/C15H21NO/c1-2-5-13(6-3-1)11-16-9-10-17-12-15(16)14-7-4-8-14/h1-3,5-6,14-15H,4,7-12H2/t15-/m0/s1. The van der Waals surface area contributed by atoms with E-state index in [4.69, 9.17) is 4.74 Å². The molecule has 0 N–H and O–H groups in total. The molecule has 1 heterocycles. The predicted molar refractivity (Wildman–Crippen MR) is 68.8 cm³/mol. The van der Waals surface area contributed by atoms with Gasteiger partial charge < -0.3 is 4.74 Å². The highest BCUT2D eigenvalue weighted by atomic mass is 16.5. The Labute approximate surface area is 104 Å². The van der Waals surface area contributed by atoms with E-state index in [1.54, 1.807) is 0 Å². The molecule has 1 saturated carbocycles. The number of morpholine rings is 1. The van der Waals surface area contributed by atoms with Crippen LogP contribution < -0.4 is 0 Å². The first kappa shape index (κ1) is 11.2. The third kappa shape index (κ3) is 2.53. The number of hydrogen-bond donors (Lipinski definition) is 0. The van der Waals surface area contributed by atoms with E-state index in [0.717, 1.165) is 32.2 Å². The number of nitrogens with zero attached hydrogens (tertiary/aromatic N) is 1. The van der Waals surface area contributed by atoms with Crippen molar-refractivity contribution in [1.29, 1.82) is 0 Å². The monoisotopic (exact) mass is 231 g/mol. The zero-order valence-corrected chi connectivity index (χ0v) is 10.3. The third-order valence-electron chi connectivity index (χ3n) is 4.20. The summed E-state index contributed by atoms with van der Waals surface area (Å²) in [5.41, 5.74) is 1.43. The summed E-state index contributed by atoms with van der Waals surface area (Å²) in [7, 11) is 0. The zero-order chi connectivity index (χ0) is 11.5. The average Bonchev–Trinajstić information content (AvgIpc) is 2.31. The summed E-state index contributed by atoms with van der Waals surface area (Å²) in [6, 6.07) is 11.5. The van der Waals surface area contributed by atoms with Crippen LogP contribution in [0.4, 0.5) is 0 Å². The van der Waals surface area contributed by atoms with Gasteiger partial charge in [0.2, 0.25) is 0 Å². The Balaban J connectivity index is 1.66. The summed E-state index contributed by atoms with van der Waals surface area (Å²) in [4.78, 5) is 2.63. The van der Waals surface area contributed by atoms with E-state index in [-0.39, 0.29) is 0 Å². The van der Waals surface area contributed by atoms with Gasteiger partial charge in [0.15, 0.2) is 0 Å². The molecule has 1 aromatic rings. The summed E-state index contributed by atoms with van der Waals surface area (Å²) in [5.74, 6) is 0.888. The van der Waals surface area contributed by atoms with Crippen molar-refractivity contribution < 1.29 is 4.74 Å². The zero-order valence-electron chi connectivity index (χ0n) is 10.3. The van der Waals surface area contributed by atoms with Crippen LogP contribution in [0.1, 0.15) is 24.8 Å². The van der Waals surface area contributed by atoms with Crippen LogP contribution in [0.3, 0.4) is 0 Å². The second kappa shape index (κ2) is 5.19. The molecule has 0 spiro atoms. The second-order valence-corrected chi connectivity index (χ2v) is 5.29. The smallest absolute Gasteiger partial charge is 0.0625 e. The van der Waals surface area contributed by atoms with Crippen molar-refractivity contribution in [3.8, 4) is 0 Å². The van der Waals surface area contributed by atoms with Crippen LogP contribution in [0.15, 0.2) is 30.3 Å². The van der Waals surface area contributed by atoms with Crippen LogP contribution in [0.5, 0.6) is 0 Å². The lowest BCUT2D eigenvalue weighted by Gasteiger charge is -2.43. The molecule has 0 amide bonds. The van der Waals surface area contributed by atoms with Gasteiger partial charge >= 0.3 is 0 Å². The van der Waals surface area contributed by atoms with Gasteiger partial charge in [0.05, 0.1) is 13.2 Å². The maximum Gasteiger partial charge on any atom is 0.0625 e. The fourth-order valence-corrected chi connectivity index (χ4v) is 2.93. The largest absolute Gasteiger partial charge is 0.378 e. The van der Waals surface area contributed by atoms with E-state index in [2.05, 4.69) is 35.2 Å². The van der Waals surface area contributed by atoms with Crippen LogP contribution in [-0.4, -0.2) is 30.7 Å². The van der Waals surface area contributed by atoms with Crippen molar-refractivity contribution in [2.45, 2.75) is 31.8 Å². The Kier molecular flexibility index (Phi) is 3.44. The molecule has 0 radical (unpaired) electrons. The van der Waals surface area contributed by atoms with Crippen LogP contribution >= 0.6 is 0 Å². The predicted octanol–water partition coefficient (Wildman–Crippen LogP) is 2.69. The van der Waals surface area contributed by atoms with Crippen molar-refractivity contribution in [1.82, 2.24) is 4.90 Å². The van der Waals surface area contributed by atoms with Crippen LogP contribution in [-0.2, 0) is 11.3 Å². The summed E-state index contributed by atoms with van der Waals surface area (Å²) in [6.07, 6.45) is 4.22. The molecule has 2 aliphatic rings. The van der Waals surface area contributed by atoms with E-state index < -0.39 is 0 Å². The summed E-state index contributed by atoms with van der Waals surface area (Å²) >= 11 is 0. The molecule has 0 bridgehead atoms. The molecular formula is C15H21NO. The molecule has 1 aromatic carbocycles. The van der Waals surface area contributed by atoms with Crippen molar-refractivity contribution in [3.05, 3.63) is 35.9 Å². The van der Waals surface area contributed by atoms with Crippen LogP contribution in [0.25, 0.3) is 0 Å². The minimum Gasteiger partial charge on any atom is -0.378 e. The molecule has 92 valence electrons. The van der Waals surface area contributed by atoms with E-state index in [0.29, 0.717) is 6.04 Å². The lowest BCUT2D eigenvalue weighted by molar-refractivity contribution is -0.0486. The van der Waals surface area contributed by atoms with Gasteiger partial charge in [-0.15, -0.1) is 0 Å². The van der Waals surface area contributed by atoms with Gasteiger partial charge in [-0.3, -0.25) is 4.90 Å². The maximum atomic E-state index is 5.67. The quantitative estimate of drug-likeness (QED) is 0.793. The molecule has 1 saturated heterocycles. The number of rotatable bonds is 3. The van der Waals surface area contributed by atoms with Crippen molar-refractivity contribution in [2.24, 2.45) is 5.92 Å². The second-order valence-electron chi connectivity index (χ2n) is 5.29. The van der Waals surface area contributed by atoms with Gasteiger partial charge in [-0.2, -0.15) is 0 Å². The van der Waals surface area contributed by atoms with E-state index in [1.807, 2.05) is 0 Å². The highest BCUT2D eigenvalue weighted by Crippen LogP contribution is 2.34. The Morgan fingerprint density at radius 1 is 1.18 bits per heavy atom. The first-order valence-electron chi connectivity index (χ1n) is 6.79. The highest BCUT2D eigenvalue weighted by Gasteiger charge is 2.33. The van der Waals surface area contributed by atoms with E-state index >= 15 is 0 Å². The Hall–Kier alpha value is -0.860. The number of hydrogen-bond acceptors (Lipinski definition) is 2.